The molecule has 0 aliphatic heterocycles. The van der Waals surface area contributed by atoms with E-state index >= 15 is 0 Å². The van der Waals surface area contributed by atoms with E-state index in [0.29, 0.717) is 43.6 Å². The Kier molecular flexibility index (Phi) is 3.05. The molecule has 0 radical (unpaired) electrons. The fourth-order valence-corrected chi connectivity index (χ4v) is 5.69. The van der Waals surface area contributed by atoms with Crippen molar-refractivity contribution in [3.05, 3.63) is 118 Å². The molecule has 0 unspecified atom stereocenters. The molecule has 5 aromatic carbocycles. The van der Waals surface area contributed by atoms with Crippen LogP contribution in [-0.2, 0) is 0 Å². The normalized spacial score (nSPS) is 17.1. The Morgan fingerprint density at radius 3 is 1.02 bits per heavy atom. The lowest BCUT2D eigenvalue weighted by Crippen LogP contribution is -2.04. The van der Waals surface area contributed by atoms with Crippen molar-refractivity contribution in [3.63, 3.8) is 0 Å². The number of hydrogen-bond acceptors (Lipinski definition) is 2. The Labute approximate surface area is 249 Å². The molecule has 0 saturated heterocycles. The van der Waals surface area contributed by atoms with E-state index in [-0.39, 0.29) is 44.8 Å². The average Bonchev–Trinajstić information content (AvgIpc) is 3.57. The van der Waals surface area contributed by atoms with Crippen molar-refractivity contribution in [3.8, 4) is 23.5 Å². The summed E-state index contributed by atoms with van der Waals surface area (Å²) in [5.41, 5.74) is 2.86. The molecule has 0 atom stereocenters. The maximum absolute atomic E-state index is 10.6. The molecule has 190 valence electrons. The van der Waals surface area contributed by atoms with Gasteiger partial charge in [0.05, 0.1) is 44.6 Å². The molecule has 0 amide bonds. The Balaban J connectivity index is 1.56. The van der Waals surface area contributed by atoms with Gasteiger partial charge in [-0.2, -0.15) is 10.5 Å². The Morgan fingerprint density at radius 1 is 0.475 bits per heavy atom. The third kappa shape index (κ3) is 3.37. The first-order valence-electron chi connectivity index (χ1n) is 18.4. The van der Waals surface area contributed by atoms with Crippen LogP contribution in [0.25, 0.3) is 55.0 Å². The number of benzene rings is 5. The number of aryl methyl sites for hydroxylation is 4. The van der Waals surface area contributed by atoms with Crippen LogP contribution in [0.1, 0.15) is 49.8 Å². The van der Waals surface area contributed by atoms with E-state index in [1.165, 1.54) is 60.7 Å². The molecule has 7 rings (SSSR count). The maximum Gasteiger partial charge on any atom is 0.101 e. The fraction of sp³-hybridized carbons (Fsp3) is 0.111. The summed E-state index contributed by atoms with van der Waals surface area (Å²) in [4.78, 5) is 0. The highest BCUT2D eigenvalue weighted by Gasteiger charge is 2.21. The van der Waals surface area contributed by atoms with Gasteiger partial charge < -0.3 is 9.13 Å². The predicted octanol–water partition coefficient (Wildman–Crippen LogP) is 8.86. The van der Waals surface area contributed by atoms with Gasteiger partial charge in [0.25, 0.3) is 0 Å². The lowest BCUT2D eigenvalue weighted by Gasteiger charge is -2.15. The van der Waals surface area contributed by atoms with Crippen molar-refractivity contribution in [1.82, 2.24) is 9.13 Å². The van der Waals surface area contributed by atoms with Gasteiger partial charge in [0, 0.05) is 38.0 Å². The number of hydrogen-bond donors (Lipinski definition) is 0. The molecule has 4 nitrogen and oxygen atoms in total. The molecule has 2 heterocycles. The second-order valence-electron chi connectivity index (χ2n) is 9.71. The van der Waals surface area contributed by atoms with Crippen molar-refractivity contribution >= 4 is 43.6 Å². The number of nitriles is 2. The van der Waals surface area contributed by atoms with E-state index in [1.807, 2.05) is 0 Å². The van der Waals surface area contributed by atoms with Gasteiger partial charge in [0.2, 0.25) is 0 Å². The van der Waals surface area contributed by atoms with Crippen LogP contribution < -0.4 is 0 Å². The molecule has 0 aliphatic carbocycles. The van der Waals surface area contributed by atoms with Crippen molar-refractivity contribution in [2.75, 3.05) is 0 Å². The van der Waals surface area contributed by atoms with Crippen LogP contribution in [0.3, 0.4) is 0 Å². The lowest BCUT2D eigenvalue weighted by atomic mass is 10.1. The zero-order valence-corrected chi connectivity index (χ0v) is 20.9. The van der Waals surface area contributed by atoms with E-state index in [0.717, 1.165) is 0 Å². The lowest BCUT2D eigenvalue weighted by molar-refractivity contribution is 1.12. The van der Waals surface area contributed by atoms with Crippen molar-refractivity contribution < 1.29 is 16.4 Å². The van der Waals surface area contributed by atoms with E-state index < -0.39 is 27.4 Å². The molecule has 4 heteroatoms. The third-order valence-electron chi connectivity index (χ3n) is 7.37. The quantitative estimate of drug-likeness (QED) is 0.226. The standard InChI is InChI=1S/C36H26N4/c1-21-5-9-31-27(13-21)28-14-22(2)6-10-32(28)39(31)35-17-26(20-38)36(18-25(35)19-37)40-33-11-7-23(3)15-29(33)30-16-24(4)8-12-34(30)40/h5-18H,1-4H3/i1D3,2D3,3D3,4D3. The zero-order valence-electron chi connectivity index (χ0n) is 32.9. The summed E-state index contributed by atoms with van der Waals surface area (Å²) in [7, 11) is 0. The van der Waals surface area contributed by atoms with Crippen LogP contribution in [0.15, 0.2) is 84.9 Å². The van der Waals surface area contributed by atoms with Crippen LogP contribution in [0.5, 0.6) is 0 Å². The summed E-state index contributed by atoms with van der Waals surface area (Å²) >= 11 is 0. The van der Waals surface area contributed by atoms with Crippen molar-refractivity contribution in [1.29, 1.82) is 10.5 Å². The first kappa shape index (κ1) is 14.2. The molecular weight excluding hydrogens is 488 g/mol. The molecular formula is C36H26N4. The third-order valence-corrected chi connectivity index (χ3v) is 7.37. The highest BCUT2D eigenvalue weighted by molar-refractivity contribution is 6.11. The highest BCUT2D eigenvalue weighted by atomic mass is 15.0. The minimum Gasteiger partial charge on any atom is -0.308 e. The smallest absolute Gasteiger partial charge is 0.101 e. The SMILES string of the molecule is [2H]C([2H])([2H])c1ccc2c(c1)c1cc(C([2H])([2H])[2H])ccc1n2-c1cc(C#N)c(-n2c3ccc(C([2H])([2H])[2H])cc3c3cc(C([2H])([2H])[2H])ccc32)cc1C#N. The summed E-state index contributed by atoms with van der Waals surface area (Å²) in [5, 5.41) is 23.0. The highest BCUT2D eigenvalue weighted by Crippen LogP contribution is 2.38. The van der Waals surface area contributed by atoms with Crippen molar-refractivity contribution in [2.45, 2.75) is 27.4 Å². The molecule has 2 aromatic heterocycles. The summed E-state index contributed by atoms with van der Waals surface area (Å²) < 4.78 is 99.1. The van der Waals surface area contributed by atoms with Crippen LogP contribution in [0, 0.1) is 50.1 Å². The minimum atomic E-state index is -2.45. The first-order valence-corrected chi connectivity index (χ1v) is 12.4. The first-order chi connectivity index (χ1) is 24.2. The largest absolute Gasteiger partial charge is 0.308 e. The molecule has 0 saturated carbocycles. The molecule has 40 heavy (non-hydrogen) atoms. The summed E-state index contributed by atoms with van der Waals surface area (Å²) in [5.74, 6) is 0. The van der Waals surface area contributed by atoms with Crippen LogP contribution >= 0.6 is 0 Å². The molecule has 0 aliphatic rings. The van der Waals surface area contributed by atoms with Gasteiger partial charge in [-0.3, -0.25) is 0 Å². The molecule has 0 fully saturated rings. The Morgan fingerprint density at radius 2 is 0.775 bits per heavy atom. The number of nitrogens with zero attached hydrogens (tertiary/aromatic N) is 4. The Bertz CT molecular complexity index is 2380. The monoisotopic (exact) mass is 526 g/mol. The zero-order chi connectivity index (χ0) is 37.7. The predicted molar refractivity (Wildman–Crippen MR) is 163 cm³/mol. The summed E-state index contributed by atoms with van der Waals surface area (Å²) in [6, 6.07) is 25.5. The fourth-order valence-electron chi connectivity index (χ4n) is 5.69. The molecule has 7 aromatic rings. The Hall–Kier alpha value is -5.32. The minimum absolute atomic E-state index is 0.0431. The molecule has 0 bridgehead atoms. The van der Waals surface area contributed by atoms with Crippen molar-refractivity contribution in [2.24, 2.45) is 0 Å². The topological polar surface area (TPSA) is 57.4 Å². The van der Waals surface area contributed by atoms with Gasteiger partial charge in [0.1, 0.15) is 12.1 Å². The van der Waals surface area contributed by atoms with Gasteiger partial charge in [-0.05, 0) is 88.1 Å². The second kappa shape index (κ2) is 8.60. The van der Waals surface area contributed by atoms with Gasteiger partial charge in [-0.25, -0.2) is 0 Å². The van der Waals surface area contributed by atoms with Crippen LogP contribution in [0.4, 0.5) is 0 Å². The van der Waals surface area contributed by atoms with Gasteiger partial charge in [-0.15, -0.1) is 0 Å². The maximum atomic E-state index is 10.6. The number of fused-ring (bicyclic) bond motifs is 6. The summed E-state index contributed by atoms with van der Waals surface area (Å²) in [6.45, 7) is -9.80. The molecule has 0 spiro atoms. The van der Waals surface area contributed by atoms with Crippen LogP contribution in [0.2, 0.25) is 0 Å². The number of rotatable bonds is 2. The van der Waals surface area contributed by atoms with E-state index in [1.54, 1.807) is 33.4 Å². The van der Waals surface area contributed by atoms with E-state index in [9.17, 15) is 10.5 Å². The summed E-state index contributed by atoms with van der Waals surface area (Å²) in [6.07, 6.45) is 0. The van der Waals surface area contributed by atoms with Gasteiger partial charge >= 0.3 is 0 Å². The van der Waals surface area contributed by atoms with Gasteiger partial charge in [-0.1, -0.05) is 46.5 Å². The number of aromatic nitrogens is 2. The average molecular weight is 527 g/mol. The van der Waals surface area contributed by atoms with E-state index in [4.69, 9.17) is 16.4 Å². The van der Waals surface area contributed by atoms with Crippen LogP contribution in [-0.4, -0.2) is 9.13 Å². The van der Waals surface area contributed by atoms with E-state index in [2.05, 4.69) is 12.1 Å². The second-order valence-corrected chi connectivity index (χ2v) is 9.71. The van der Waals surface area contributed by atoms with Gasteiger partial charge in [0.15, 0.2) is 0 Å². The molecule has 0 N–H and O–H groups in total.